The highest BCUT2D eigenvalue weighted by Gasteiger charge is 2.24. The largest absolute Gasteiger partial charge is 0.497 e. The zero-order chi connectivity index (χ0) is 20.0. The Bertz CT molecular complexity index is 790. The fraction of sp³-hybridized carbons (Fsp3) is 0.400. The van der Waals surface area contributed by atoms with Crippen LogP contribution >= 0.6 is 15.9 Å². The third-order valence-electron chi connectivity index (χ3n) is 3.63. The second-order valence-electron chi connectivity index (χ2n) is 6.97. The molecule has 0 N–H and O–H groups in total. The molecule has 1 aromatic carbocycles. The first-order valence-electron chi connectivity index (χ1n) is 8.52. The van der Waals surface area contributed by atoms with E-state index in [1.54, 1.807) is 25.2 Å². The van der Waals surface area contributed by atoms with E-state index in [1.165, 1.54) is 0 Å². The number of hydrogen-bond donors (Lipinski definition) is 0. The molecule has 2 rings (SSSR count). The van der Waals surface area contributed by atoms with E-state index in [0.29, 0.717) is 29.2 Å². The minimum atomic E-state index is -0.593. The molecule has 1 aromatic heterocycles. The number of halogens is 1. The van der Waals surface area contributed by atoms with Crippen LogP contribution in [0.3, 0.4) is 0 Å². The summed E-state index contributed by atoms with van der Waals surface area (Å²) in [5, 5.41) is 0. The molecule has 7 heteroatoms. The van der Waals surface area contributed by atoms with Gasteiger partial charge in [0.1, 0.15) is 21.7 Å². The summed E-state index contributed by atoms with van der Waals surface area (Å²) in [7, 11) is 3.19. The average molecular weight is 437 g/mol. The first kappa shape index (κ1) is 21.0. The molecule has 146 valence electrons. The highest BCUT2D eigenvalue weighted by molar-refractivity contribution is 9.10. The molecule has 6 nitrogen and oxygen atoms in total. The minimum absolute atomic E-state index is 0.309. The number of pyridine rings is 1. The molecule has 0 bridgehead atoms. The van der Waals surface area contributed by atoms with Crippen molar-refractivity contribution in [2.75, 3.05) is 14.2 Å². The molecular formula is C20H25BrN2O4. The maximum atomic E-state index is 12.8. The van der Waals surface area contributed by atoms with E-state index in [-0.39, 0.29) is 0 Å². The van der Waals surface area contributed by atoms with E-state index in [0.717, 1.165) is 11.3 Å². The number of carbonyl (C=O) groups excluding carboxylic acids is 1. The molecule has 0 saturated heterocycles. The van der Waals surface area contributed by atoms with E-state index >= 15 is 0 Å². The van der Waals surface area contributed by atoms with Crippen LogP contribution in [0.1, 0.15) is 32.0 Å². The van der Waals surface area contributed by atoms with E-state index in [4.69, 9.17) is 14.2 Å². The molecular weight excluding hydrogens is 412 g/mol. The molecule has 0 saturated carbocycles. The molecule has 2 aromatic rings. The van der Waals surface area contributed by atoms with E-state index in [1.807, 2.05) is 51.1 Å². The zero-order valence-electron chi connectivity index (χ0n) is 16.3. The van der Waals surface area contributed by atoms with Crippen LogP contribution in [0.2, 0.25) is 0 Å². The summed E-state index contributed by atoms with van der Waals surface area (Å²) < 4.78 is 17.0. The summed E-state index contributed by atoms with van der Waals surface area (Å²) in [5.74, 6) is 1.33. The van der Waals surface area contributed by atoms with Crippen molar-refractivity contribution in [1.82, 2.24) is 9.88 Å². The second kappa shape index (κ2) is 9.08. The second-order valence-corrected chi connectivity index (χ2v) is 7.78. The SMILES string of the molecule is COc1ccc(CN(Cc2cccc(Br)n2)C(=O)OC(C)(C)C)c(OC)c1. The Morgan fingerprint density at radius 1 is 1.11 bits per heavy atom. The number of benzene rings is 1. The first-order chi connectivity index (χ1) is 12.7. The van der Waals surface area contributed by atoms with Gasteiger partial charge in [0, 0.05) is 11.6 Å². The molecule has 0 spiro atoms. The monoisotopic (exact) mass is 436 g/mol. The lowest BCUT2D eigenvalue weighted by atomic mass is 10.1. The number of carbonyl (C=O) groups is 1. The van der Waals surface area contributed by atoms with Crippen LogP contribution in [0, 0.1) is 0 Å². The Hall–Kier alpha value is -2.28. The van der Waals surface area contributed by atoms with Crippen LogP contribution in [0.4, 0.5) is 4.79 Å². The third kappa shape index (κ3) is 6.43. The Morgan fingerprint density at radius 3 is 2.44 bits per heavy atom. The number of amides is 1. The van der Waals surface area contributed by atoms with Crippen LogP contribution < -0.4 is 9.47 Å². The minimum Gasteiger partial charge on any atom is -0.497 e. The number of rotatable bonds is 6. The lowest BCUT2D eigenvalue weighted by Crippen LogP contribution is -2.36. The van der Waals surface area contributed by atoms with Crippen molar-refractivity contribution < 1.29 is 19.0 Å². The molecule has 0 unspecified atom stereocenters. The summed E-state index contributed by atoms with van der Waals surface area (Å²) in [6, 6.07) is 11.1. The van der Waals surface area contributed by atoms with Gasteiger partial charge in [0.05, 0.1) is 33.0 Å². The maximum Gasteiger partial charge on any atom is 0.410 e. The van der Waals surface area contributed by atoms with Crippen molar-refractivity contribution in [3.63, 3.8) is 0 Å². The normalized spacial score (nSPS) is 11.0. The summed E-state index contributed by atoms with van der Waals surface area (Å²) in [4.78, 5) is 18.8. The fourth-order valence-corrected chi connectivity index (χ4v) is 2.81. The molecule has 0 aliphatic carbocycles. The van der Waals surface area contributed by atoms with Crippen molar-refractivity contribution in [1.29, 1.82) is 0 Å². The smallest absolute Gasteiger partial charge is 0.410 e. The van der Waals surface area contributed by atoms with Crippen LogP contribution in [0.5, 0.6) is 11.5 Å². The summed E-state index contributed by atoms with van der Waals surface area (Å²) in [6.45, 7) is 6.15. The van der Waals surface area contributed by atoms with Gasteiger partial charge in [0.25, 0.3) is 0 Å². The van der Waals surface area contributed by atoms with Gasteiger partial charge in [0.2, 0.25) is 0 Å². The lowest BCUT2D eigenvalue weighted by molar-refractivity contribution is 0.0213. The average Bonchev–Trinajstić information content (AvgIpc) is 2.60. The number of nitrogens with zero attached hydrogens (tertiary/aromatic N) is 2. The van der Waals surface area contributed by atoms with Gasteiger partial charge in [-0.25, -0.2) is 9.78 Å². The van der Waals surface area contributed by atoms with Crippen molar-refractivity contribution >= 4 is 22.0 Å². The van der Waals surface area contributed by atoms with Gasteiger partial charge in [-0.15, -0.1) is 0 Å². The van der Waals surface area contributed by atoms with Crippen LogP contribution in [0.25, 0.3) is 0 Å². The molecule has 27 heavy (non-hydrogen) atoms. The Labute approximate surface area is 168 Å². The molecule has 0 fully saturated rings. The molecule has 1 heterocycles. The van der Waals surface area contributed by atoms with Crippen molar-refractivity contribution in [2.45, 2.75) is 39.5 Å². The van der Waals surface area contributed by atoms with Gasteiger partial charge in [-0.1, -0.05) is 6.07 Å². The van der Waals surface area contributed by atoms with E-state index in [9.17, 15) is 4.79 Å². The Kier molecular flexibility index (Phi) is 7.07. The van der Waals surface area contributed by atoms with Crippen molar-refractivity contribution in [3.05, 3.63) is 52.3 Å². The highest BCUT2D eigenvalue weighted by Crippen LogP contribution is 2.27. The standard InChI is InChI=1S/C20H25BrN2O4/c1-20(2,3)27-19(24)23(13-15-7-6-8-18(21)22-15)12-14-9-10-16(25-4)11-17(14)26-5/h6-11H,12-13H2,1-5H3. The Balaban J connectivity index is 2.30. The van der Waals surface area contributed by atoms with E-state index < -0.39 is 11.7 Å². The lowest BCUT2D eigenvalue weighted by Gasteiger charge is -2.28. The predicted molar refractivity (Wildman–Crippen MR) is 107 cm³/mol. The molecule has 0 radical (unpaired) electrons. The number of aromatic nitrogens is 1. The summed E-state index contributed by atoms with van der Waals surface area (Å²) >= 11 is 3.36. The summed E-state index contributed by atoms with van der Waals surface area (Å²) in [5.41, 5.74) is 1.01. The number of hydrogen-bond acceptors (Lipinski definition) is 5. The Morgan fingerprint density at radius 2 is 1.85 bits per heavy atom. The van der Waals surface area contributed by atoms with Crippen molar-refractivity contribution in [3.8, 4) is 11.5 Å². The third-order valence-corrected chi connectivity index (χ3v) is 4.07. The fourth-order valence-electron chi connectivity index (χ4n) is 2.43. The summed E-state index contributed by atoms with van der Waals surface area (Å²) in [6.07, 6.45) is -0.415. The number of ether oxygens (including phenoxy) is 3. The van der Waals surface area contributed by atoms with Crippen LogP contribution in [0.15, 0.2) is 41.0 Å². The van der Waals surface area contributed by atoms with Gasteiger partial charge in [0.15, 0.2) is 0 Å². The van der Waals surface area contributed by atoms with Gasteiger partial charge < -0.3 is 14.2 Å². The highest BCUT2D eigenvalue weighted by atomic mass is 79.9. The molecule has 0 atom stereocenters. The van der Waals surface area contributed by atoms with Gasteiger partial charge in [-0.3, -0.25) is 4.90 Å². The quantitative estimate of drug-likeness (QED) is 0.608. The zero-order valence-corrected chi connectivity index (χ0v) is 17.9. The topological polar surface area (TPSA) is 60.9 Å². The predicted octanol–water partition coefficient (Wildman–Crippen LogP) is 4.80. The molecule has 1 amide bonds. The van der Waals surface area contributed by atoms with Crippen LogP contribution in [-0.2, 0) is 17.8 Å². The van der Waals surface area contributed by atoms with Crippen molar-refractivity contribution in [2.24, 2.45) is 0 Å². The maximum absolute atomic E-state index is 12.8. The molecule has 0 aliphatic heterocycles. The van der Waals surface area contributed by atoms with Crippen LogP contribution in [-0.4, -0.2) is 35.8 Å². The van der Waals surface area contributed by atoms with Gasteiger partial charge in [-0.05, 0) is 61.0 Å². The van der Waals surface area contributed by atoms with Gasteiger partial charge >= 0.3 is 6.09 Å². The number of methoxy groups -OCH3 is 2. The first-order valence-corrected chi connectivity index (χ1v) is 9.31. The van der Waals surface area contributed by atoms with Gasteiger partial charge in [-0.2, -0.15) is 0 Å². The molecule has 0 aliphatic rings. The van der Waals surface area contributed by atoms with E-state index in [2.05, 4.69) is 20.9 Å².